The van der Waals surface area contributed by atoms with Crippen molar-refractivity contribution in [2.24, 2.45) is 0 Å². The van der Waals surface area contributed by atoms with Gasteiger partial charge in [-0.3, -0.25) is 25.1 Å². The SMILES string of the molecule is O=C1NN(CCO)C(=O)C1[N+](=O)[O-]. The summed E-state index contributed by atoms with van der Waals surface area (Å²) < 4.78 is 0. The first kappa shape index (κ1) is 9.39. The van der Waals surface area contributed by atoms with Crippen LogP contribution in [0.15, 0.2) is 0 Å². The molecule has 1 fully saturated rings. The van der Waals surface area contributed by atoms with Crippen molar-refractivity contribution < 1.29 is 19.6 Å². The van der Waals surface area contributed by atoms with Crippen LogP contribution < -0.4 is 5.43 Å². The number of nitrogens with one attached hydrogen (secondary N) is 1. The Kier molecular flexibility index (Phi) is 2.42. The van der Waals surface area contributed by atoms with Crippen LogP contribution >= 0.6 is 0 Å². The topological polar surface area (TPSA) is 113 Å². The van der Waals surface area contributed by atoms with E-state index in [9.17, 15) is 19.7 Å². The standard InChI is InChI=1S/C5H7N3O5/c9-2-1-7-5(11)3(8(12)13)4(10)6-7/h3,9H,1-2H2,(H,6,10). The van der Waals surface area contributed by atoms with Gasteiger partial charge in [0.25, 0.3) is 0 Å². The molecule has 72 valence electrons. The summed E-state index contributed by atoms with van der Waals surface area (Å²) in [6.07, 6.45) is 0. The minimum absolute atomic E-state index is 0.144. The molecular weight excluding hydrogens is 182 g/mol. The van der Waals surface area contributed by atoms with Crippen molar-refractivity contribution in [3.8, 4) is 0 Å². The number of hydrogen-bond donors (Lipinski definition) is 2. The zero-order valence-corrected chi connectivity index (χ0v) is 6.47. The fraction of sp³-hybridized carbons (Fsp3) is 0.600. The number of nitro groups is 1. The largest absolute Gasteiger partial charge is 0.394 e. The van der Waals surface area contributed by atoms with Gasteiger partial charge < -0.3 is 5.11 Å². The zero-order valence-electron chi connectivity index (χ0n) is 6.47. The maximum Gasteiger partial charge on any atom is 0.369 e. The molecule has 0 saturated carbocycles. The minimum atomic E-state index is -1.87. The van der Waals surface area contributed by atoms with E-state index in [1.165, 1.54) is 0 Å². The lowest BCUT2D eigenvalue weighted by Crippen LogP contribution is -2.38. The van der Waals surface area contributed by atoms with Gasteiger partial charge in [0, 0.05) is 4.92 Å². The maximum atomic E-state index is 11.0. The van der Waals surface area contributed by atoms with E-state index < -0.39 is 22.8 Å². The van der Waals surface area contributed by atoms with Gasteiger partial charge in [0.05, 0.1) is 13.2 Å². The highest BCUT2D eigenvalue weighted by molar-refractivity contribution is 6.07. The lowest BCUT2D eigenvalue weighted by atomic mass is 10.3. The third kappa shape index (κ3) is 1.56. The fourth-order valence-corrected chi connectivity index (χ4v) is 0.961. The molecule has 1 saturated heterocycles. The minimum Gasteiger partial charge on any atom is -0.394 e. The molecule has 0 aliphatic carbocycles. The Morgan fingerprint density at radius 1 is 1.62 bits per heavy atom. The fourth-order valence-electron chi connectivity index (χ4n) is 0.961. The van der Waals surface area contributed by atoms with E-state index in [1.54, 1.807) is 0 Å². The van der Waals surface area contributed by atoms with Crippen molar-refractivity contribution in [3.63, 3.8) is 0 Å². The number of aliphatic hydroxyl groups excluding tert-OH is 1. The summed E-state index contributed by atoms with van der Waals surface area (Å²) in [6, 6.07) is -1.87. The number of hydrogen-bond acceptors (Lipinski definition) is 5. The van der Waals surface area contributed by atoms with E-state index in [4.69, 9.17) is 5.11 Å². The van der Waals surface area contributed by atoms with Crippen LogP contribution in [-0.2, 0) is 9.59 Å². The van der Waals surface area contributed by atoms with Gasteiger partial charge in [-0.1, -0.05) is 0 Å². The Morgan fingerprint density at radius 3 is 2.62 bits per heavy atom. The molecule has 1 heterocycles. The molecule has 13 heavy (non-hydrogen) atoms. The number of β-amino-alcohol motifs (C(OH)–C–C–N with tert-alkyl or cyclic N) is 1. The van der Waals surface area contributed by atoms with Crippen molar-refractivity contribution in [2.45, 2.75) is 6.04 Å². The molecule has 0 spiro atoms. The van der Waals surface area contributed by atoms with Crippen LogP contribution in [0.1, 0.15) is 0 Å². The Bertz CT molecular complexity index is 265. The number of amides is 2. The summed E-state index contributed by atoms with van der Waals surface area (Å²) >= 11 is 0. The van der Waals surface area contributed by atoms with Crippen LogP contribution in [0.2, 0.25) is 0 Å². The molecule has 2 N–H and O–H groups in total. The molecule has 1 rings (SSSR count). The summed E-state index contributed by atoms with van der Waals surface area (Å²) in [5.74, 6) is -1.91. The quantitative estimate of drug-likeness (QED) is 0.289. The molecule has 0 aromatic heterocycles. The van der Waals surface area contributed by atoms with Gasteiger partial charge in [-0.25, -0.2) is 5.01 Å². The van der Waals surface area contributed by atoms with Gasteiger partial charge in [0.2, 0.25) is 0 Å². The summed E-state index contributed by atoms with van der Waals surface area (Å²) in [5, 5.41) is 19.4. The number of hydrazine groups is 1. The molecule has 1 atom stereocenters. The first-order chi connectivity index (χ1) is 6.07. The summed E-state index contributed by atoms with van der Waals surface area (Å²) in [4.78, 5) is 31.1. The molecule has 8 nitrogen and oxygen atoms in total. The lowest BCUT2D eigenvalue weighted by molar-refractivity contribution is -0.492. The van der Waals surface area contributed by atoms with Crippen LogP contribution in [-0.4, -0.2) is 46.0 Å². The Labute approximate surface area is 72.2 Å². The first-order valence-electron chi connectivity index (χ1n) is 3.44. The average Bonchev–Trinajstić information content (AvgIpc) is 2.28. The van der Waals surface area contributed by atoms with Crippen LogP contribution in [0.3, 0.4) is 0 Å². The predicted octanol–water partition coefficient (Wildman–Crippen LogP) is -2.50. The first-order valence-corrected chi connectivity index (χ1v) is 3.44. The second-order valence-corrected chi connectivity index (χ2v) is 2.38. The Balaban J connectivity index is 2.75. The van der Waals surface area contributed by atoms with Crippen molar-refractivity contribution >= 4 is 11.8 Å². The normalized spacial score (nSPS) is 21.9. The number of rotatable bonds is 3. The van der Waals surface area contributed by atoms with Crippen LogP contribution in [0, 0.1) is 10.1 Å². The molecule has 1 aliphatic rings. The monoisotopic (exact) mass is 189 g/mol. The van der Waals surface area contributed by atoms with E-state index >= 15 is 0 Å². The third-order valence-corrected chi connectivity index (χ3v) is 1.53. The summed E-state index contributed by atoms with van der Waals surface area (Å²) in [7, 11) is 0. The maximum absolute atomic E-state index is 11.0. The Morgan fingerprint density at radius 2 is 2.23 bits per heavy atom. The molecule has 0 radical (unpaired) electrons. The number of aliphatic hydroxyl groups is 1. The average molecular weight is 189 g/mol. The van der Waals surface area contributed by atoms with Gasteiger partial charge in [-0.2, -0.15) is 0 Å². The summed E-state index contributed by atoms with van der Waals surface area (Å²) in [5.41, 5.74) is 1.98. The highest BCUT2D eigenvalue weighted by atomic mass is 16.6. The van der Waals surface area contributed by atoms with Gasteiger partial charge in [-0.15, -0.1) is 0 Å². The molecule has 1 unspecified atom stereocenters. The lowest BCUT2D eigenvalue weighted by Gasteiger charge is -2.10. The highest BCUT2D eigenvalue weighted by Gasteiger charge is 2.48. The molecule has 0 bridgehead atoms. The predicted molar refractivity (Wildman–Crippen MR) is 37.7 cm³/mol. The van der Waals surface area contributed by atoms with Crippen molar-refractivity contribution in [2.75, 3.05) is 13.2 Å². The molecule has 0 aromatic carbocycles. The van der Waals surface area contributed by atoms with Crippen molar-refractivity contribution in [1.29, 1.82) is 0 Å². The van der Waals surface area contributed by atoms with Gasteiger partial charge in [0.1, 0.15) is 0 Å². The third-order valence-electron chi connectivity index (χ3n) is 1.53. The van der Waals surface area contributed by atoms with E-state index in [0.717, 1.165) is 5.01 Å². The van der Waals surface area contributed by atoms with Crippen molar-refractivity contribution in [3.05, 3.63) is 10.1 Å². The molecule has 1 aliphatic heterocycles. The van der Waals surface area contributed by atoms with Gasteiger partial charge >= 0.3 is 17.9 Å². The van der Waals surface area contributed by atoms with Crippen LogP contribution in [0.5, 0.6) is 0 Å². The molecular formula is C5H7N3O5. The molecule has 0 aromatic rings. The number of nitrogens with zero attached hydrogens (tertiary/aromatic N) is 2. The molecule has 2 amide bonds. The van der Waals surface area contributed by atoms with Crippen molar-refractivity contribution in [1.82, 2.24) is 10.4 Å². The van der Waals surface area contributed by atoms with E-state index in [0.29, 0.717) is 0 Å². The summed E-state index contributed by atoms with van der Waals surface area (Å²) in [6.45, 7) is -0.509. The second-order valence-electron chi connectivity index (χ2n) is 2.38. The highest BCUT2D eigenvalue weighted by Crippen LogP contribution is 2.04. The van der Waals surface area contributed by atoms with E-state index in [2.05, 4.69) is 0 Å². The van der Waals surface area contributed by atoms with Gasteiger partial charge in [-0.05, 0) is 0 Å². The zero-order chi connectivity index (χ0) is 10.0. The number of carbonyl (C=O) groups is 2. The van der Waals surface area contributed by atoms with E-state index in [-0.39, 0.29) is 13.2 Å². The van der Waals surface area contributed by atoms with Crippen LogP contribution in [0.4, 0.5) is 0 Å². The molecule has 8 heteroatoms. The van der Waals surface area contributed by atoms with Gasteiger partial charge in [0.15, 0.2) is 0 Å². The second kappa shape index (κ2) is 3.35. The van der Waals surface area contributed by atoms with Crippen LogP contribution in [0.25, 0.3) is 0 Å². The van der Waals surface area contributed by atoms with E-state index in [1.807, 2.05) is 5.43 Å². The number of carbonyl (C=O) groups excluding carboxylic acids is 2. The Hall–Kier alpha value is -1.70. The smallest absolute Gasteiger partial charge is 0.369 e.